The van der Waals surface area contributed by atoms with Crippen molar-refractivity contribution in [1.29, 1.82) is 0 Å². The summed E-state index contributed by atoms with van der Waals surface area (Å²) in [4.78, 5) is 16.1. The fourth-order valence-electron chi connectivity index (χ4n) is 2.20. The zero-order chi connectivity index (χ0) is 17.5. The number of pyridine rings is 1. The van der Waals surface area contributed by atoms with Gasteiger partial charge in [-0.2, -0.15) is 0 Å². The molecule has 24 heavy (non-hydrogen) atoms. The first-order valence-electron chi connectivity index (χ1n) is 7.46. The van der Waals surface area contributed by atoms with Crippen LogP contribution in [0.3, 0.4) is 0 Å². The molecule has 2 N–H and O–H groups in total. The lowest BCUT2D eigenvalue weighted by Gasteiger charge is -2.17. The van der Waals surface area contributed by atoms with E-state index in [1.54, 1.807) is 38.3 Å². The molecule has 0 fully saturated rings. The molecule has 0 aliphatic carbocycles. The number of carbonyl (C=O) groups is 1. The third-order valence-corrected chi connectivity index (χ3v) is 3.74. The molecule has 128 valence electrons. The van der Waals surface area contributed by atoms with Crippen LogP contribution in [0.15, 0.2) is 36.5 Å². The summed E-state index contributed by atoms with van der Waals surface area (Å²) in [5, 5.41) is 6.13. The molecule has 0 saturated carbocycles. The van der Waals surface area contributed by atoms with Gasteiger partial charge in [-0.15, -0.1) is 0 Å². The first-order valence-corrected chi connectivity index (χ1v) is 7.84. The second-order valence-corrected chi connectivity index (χ2v) is 5.59. The van der Waals surface area contributed by atoms with Crippen molar-refractivity contribution >= 4 is 23.3 Å². The molecule has 0 spiro atoms. The molecule has 0 saturated heterocycles. The molecule has 7 heteroatoms. The van der Waals surface area contributed by atoms with Crippen LogP contribution in [0, 0.1) is 5.82 Å². The summed E-state index contributed by atoms with van der Waals surface area (Å²) in [5.41, 5.74) is 0.815. The highest BCUT2D eigenvalue weighted by molar-refractivity contribution is 6.31. The average molecular weight is 352 g/mol. The number of halogens is 2. The summed E-state index contributed by atoms with van der Waals surface area (Å²) in [6, 6.07) is 7.50. The van der Waals surface area contributed by atoms with Crippen molar-refractivity contribution < 1.29 is 13.9 Å². The number of nitrogens with zero attached hydrogens (tertiary/aromatic N) is 1. The molecule has 1 amide bonds. The second kappa shape index (κ2) is 8.61. The number of hydrogen-bond acceptors (Lipinski definition) is 4. The fraction of sp³-hybridized carbons (Fsp3) is 0.294. The van der Waals surface area contributed by atoms with E-state index in [4.69, 9.17) is 16.3 Å². The van der Waals surface area contributed by atoms with Gasteiger partial charge in [0.05, 0.1) is 18.2 Å². The molecule has 0 radical (unpaired) electrons. The summed E-state index contributed by atoms with van der Waals surface area (Å²) < 4.78 is 18.8. The van der Waals surface area contributed by atoms with Gasteiger partial charge in [-0.3, -0.25) is 4.79 Å². The smallest absolute Gasteiger partial charge is 0.252 e. The molecule has 0 bridgehead atoms. The maximum atomic E-state index is 13.9. The van der Waals surface area contributed by atoms with Crippen LogP contribution in [0.5, 0.6) is 0 Å². The van der Waals surface area contributed by atoms with E-state index >= 15 is 0 Å². The standard InChI is InChI=1S/C17H19ClFN3O2/c1-11(16-13(18)4-3-5-14(16)19)22-15-7-6-12(10-21-15)17(23)20-8-9-24-2/h3-7,10-11H,8-9H2,1-2H3,(H,20,23)(H,21,22). The second-order valence-electron chi connectivity index (χ2n) is 5.18. The number of rotatable bonds is 7. The Balaban J connectivity index is 2.02. The number of aromatic nitrogens is 1. The maximum Gasteiger partial charge on any atom is 0.252 e. The van der Waals surface area contributed by atoms with Gasteiger partial charge in [-0.25, -0.2) is 9.37 Å². The molecule has 2 aromatic rings. The normalized spacial score (nSPS) is 11.8. The number of anilines is 1. The van der Waals surface area contributed by atoms with Crippen LogP contribution >= 0.6 is 11.6 Å². The number of nitrogens with one attached hydrogen (secondary N) is 2. The van der Waals surface area contributed by atoms with E-state index in [2.05, 4.69) is 15.6 Å². The lowest BCUT2D eigenvalue weighted by Crippen LogP contribution is -2.27. The van der Waals surface area contributed by atoms with Gasteiger partial charge >= 0.3 is 0 Å². The number of benzene rings is 1. The van der Waals surface area contributed by atoms with Gasteiger partial charge in [0.15, 0.2) is 0 Å². The molecule has 2 rings (SSSR count). The van der Waals surface area contributed by atoms with Crippen molar-refractivity contribution in [2.75, 3.05) is 25.6 Å². The molecular weight excluding hydrogens is 333 g/mol. The van der Waals surface area contributed by atoms with Crippen molar-refractivity contribution in [1.82, 2.24) is 10.3 Å². The molecule has 1 heterocycles. The highest BCUT2D eigenvalue weighted by Crippen LogP contribution is 2.27. The SMILES string of the molecule is COCCNC(=O)c1ccc(NC(C)c2c(F)cccc2Cl)nc1. The van der Waals surface area contributed by atoms with Crippen LogP contribution in [0.2, 0.25) is 5.02 Å². The van der Waals surface area contributed by atoms with E-state index < -0.39 is 0 Å². The van der Waals surface area contributed by atoms with Crippen LogP contribution in [-0.4, -0.2) is 31.2 Å². The van der Waals surface area contributed by atoms with Gasteiger partial charge in [0.1, 0.15) is 11.6 Å². The van der Waals surface area contributed by atoms with Crippen molar-refractivity contribution in [2.24, 2.45) is 0 Å². The highest BCUT2D eigenvalue weighted by atomic mass is 35.5. The minimum atomic E-state index is -0.378. The lowest BCUT2D eigenvalue weighted by molar-refractivity contribution is 0.0937. The minimum Gasteiger partial charge on any atom is -0.383 e. The predicted molar refractivity (Wildman–Crippen MR) is 91.9 cm³/mol. The largest absolute Gasteiger partial charge is 0.383 e. The third kappa shape index (κ3) is 4.66. The van der Waals surface area contributed by atoms with Gasteiger partial charge in [-0.05, 0) is 31.2 Å². The zero-order valence-electron chi connectivity index (χ0n) is 13.5. The Labute approximate surface area is 145 Å². The number of carbonyl (C=O) groups excluding carboxylic acids is 1. The van der Waals surface area contributed by atoms with E-state index in [0.29, 0.717) is 35.1 Å². The quantitative estimate of drug-likeness (QED) is 0.750. The fourth-order valence-corrected chi connectivity index (χ4v) is 2.53. The summed E-state index contributed by atoms with van der Waals surface area (Å²) in [7, 11) is 1.57. The molecule has 5 nitrogen and oxygen atoms in total. The summed E-state index contributed by atoms with van der Waals surface area (Å²) in [5.74, 6) is -0.0804. The van der Waals surface area contributed by atoms with Crippen molar-refractivity contribution in [3.8, 4) is 0 Å². The summed E-state index contributed by atoms with van der Waals surface area (Å²) in [6.45, 7) is 2.66. The van der Waals surface area contributed by atoms with Gasteiger partial charge in [0, 0.05) is 30.4 Å². The highest BCUT2D eigenvalue weighted by Gasteiger charge is 2.15. The number of ether oxygens (including phenoxy) is 1. The Hall–Kier alpha value is -2.18. The van der Waals surface area contributed by atoms with Crippen LogP contribution < -0.4 is 10.6 Å². The average Bonchev–Trinajstić information content (AvgIpc) is 2.55. The van der Waals surface area contributed by atoms with E-state index in [1.807, 2.05) is 0 Å². The molecular formula is C17H19ClFN3O2. The zero-order valence-corrected chi connectivity index (χ0v) is 14.2. The topological polar surface area (TPSA) is 63.2 Å². The Kier molecular flexibility index (Phi) is 6.52. The monoisotopic (exact) mass is 351 g/mol. The third-order valence-electron chi connectivity index (χ3n) is 3.41. The first kappa shape index (κ1) is 18.2. The molecule has 0 aliphatic rings. The van der Waals surface area contributed by atoms with E-state index in [-0.39, 0.29) is 17.8 Å². The van der Waals surface area contributed by atoms with E-state index in [1.165, 1.54) is 12.3 Å². The molecule has 1 unspecified atom stereocenters. The van der Waals surface area contributed by atoms with Gasteiger partial charge in [-0.1, -0.05) is 17.7 Å². The van der Waals surface area contributed by atoms with Gasteiger partial charge in [0.2, 0.25) is 0 Å². The molecule has 1 aromatic carbocycles. The van der Waals surface area contributed by atoms with Crippen LogP contribution in [0.4, 0.5) is 10.2 Å². The van der Waals surface area contributed by atoms with Crippen LogP contribution in [0.1, 0.15) is 28.9 Å². The van der Waals surface area contributed by atoms with Crippen molar-refractivity contribution in [3.63, 3.8) is 0 Å². The minimum absolute atomic E-state index is 0.226. The number of methoxy groups -OCH3 is 1. The molecule has 1 atom stereocenters. The van der Waals surface area contributed by atoms with E-state index in [0.717, 1.165) is 0 Å². The predicted octanol–water partition coefficient (Wildman–Crippen LogP) is 3.42. The Morgan fingerprint density at radius 2 is 2.17 bits per heavy atom. The first-order chi connectivity index (χ1) is 11.5. The Morgan fingerprint density at radius 1 is 1.38 bits per heavy atom. The summed E-state index contributed by atoms with van der Waals surface area (Å²) in [6.07, 6.45) is 1.46. The maximum absolute atomic E-state index is 13.9. The molecule has 0 aliphatic heterocycles. The lowest BCUT2D eigenvalue weighted by atomic mass is 10.1. The van der Waals surface area contributed by atoms with Crippen LogP contribution in [-0.2, 0) is 4.74 Å². The van der Waals surface area contributed by atoms with Crippen molar-refractivity contribution in [3.05, 3.63) is 58.5 Å². The number of hydrogen-bond donors (Lipinski definition) is 2. The molecule has 1 aromatic heterocycles. The van der Waals surface area contributed by atoms with Crippen LogP contribution in [0.25, 0.3) is 0 Å². The Bertz CT molecular complexity index is 674. The van der Waals surface area contributed by atoms with Gasteiger partial charge in [0.25, 0.3) is 5.91 Å². The van der Waals surface area contributed by atoms with Gasteiger partial charge < -0.3 is 15.4 Å². The summed E-state index contributed by atoms with van der Waals surface area (Å²) >= 11 is 6.05. The number of amides is 1. The van der Waals surface area contributed by atoms with Crippen molar-refractivity contribution in [2.45, 2.75) is 13.0 Å². The van der Waals surface area contributed by atoms with E-state index in [9.17, 15) is 9.18 Å². The Morgan fingerprint density at radius 3 is 2.79 bits per heavy atom.